The molecule has 7 heavy (non-hydrogen) atoms. The van der Waals surface area contributed by atoms with Crippen molar-refractivity contribution in [2.75, 3.05) is 0 Å². The summed E-state index contributed by atoms with van der Waals surface area (Å²) in [5.74, 6) is 0. The van der Waals surface area contributed by atoms with Crippen LogP contribution >= 0.6 is 0 Å². The van der Waals surface area contributed by atoms with Crippen molar-refractivity contribution >= 4 is 0 Å². The summed E-state index contributed by atoms with van der Waals surface area (Å²) in [7, 11) is 0. The summed E-state index contributed by atoms with van der Waals surface area (Å²) in [5, 5.41) is 0. The van der Waals surface area contributed by atoms with Crippen LogP contribution < -0.4 is 0 Å². The highest BCUT2D eigenvalue weighted by Crippen LogP contribution is 2.25. The van der Waals surface area contributed by atoms with Gasteiger partial charge in [0.05, 0.1) is 0 Å². The van der Waals surface area contributed by atoms with E-state index in [0.29, 0.717) is 0 Å². The molecule has 0 heterocycles. The maximum absolute atomic E-state index is 3.35. The van der Waals surface area contributed by atoms with Gasteiger partial charge in [0.2, 0.25) is 0 Å². The van der Waals surface area contributed by atoms with E-state index in [1.165, 1.54) is 18.4 Å². The first-order chi connectivity index (χ1) is 3.43. The highest BCUT2D eigenvalue weighted by molar-refractivity contribution is 5.14. The predicted octanol–water partition coefficient (Wildman–Crippen LogP) is 1.80. The van der Waals surface area contributed by atoms with Crippen LogP contribution in [-0.2, 0) is 0 Å². The van der Waals surface area contributed by atoms with Gasteiger partial charge >= 0.3 is 0 Å². The molecule has 1 saturated carbocycles. The van der Waals surface area contributed by atoms with Gasteiger partial charge in [-0.1, -0.05) is 11.5 Å². The Morgan fingerprint density at radius 3 is 2.57 bits per heavy atom. The van der Waals surface area contributed by atoms with E-state index in [1.54, 1.807) is 0 Å². The van der Waals surface area contributed by atoms with E-state index in [9.17, 15) is 0 Å². The van der Waals surface area contributed by atoms with Crippen LogP contribution in [0.25, 0.3) is 0 Å². The average molecular weight is 90.1 g/mol. The fourth-order valence-corrected chi connectivity index (χ4v) is 0.320. The van der Waals surface area contributed by atoms with E-state index in [1.807, 2.05) is 0 Å². The van der Waals surface area contributed by atoms with E-state index in [4.69, 9.17) is 0 Å². The lowest BCUT2D eigenvalue weighted by Crippen LogP contribution is -1.25. The maximum Gasteiger partial charge on any atom is -0.0186 e. The van der Waals surface area contributed by atoms with Gasteiger partial charge in [0.1, 0.15) is 0 Å². The SMILES string of the molecule is C=C=C=C=C1CC1. The van der Waals surface area contributed by atoms with Gasteiger partial charge in [-0.05, 0) is 30.7 Å². The number of hydrogen-bond donors (Lipinski definition) is 0. The summed E-state index contributed by atoms with van der Waals surface area (Å²) in [6, 6.07) is 0. The second-order valence-electron chi connectivity index (χ2n) is 1.53. The third kappa shape index (κ3) is 1.30. The van der Waals surface area contributed by atoms with Crippen LogP contribution in [0.2, 0.25) is 0 Å². The molecule has 0 aromatic rings. The lowest BCUT2D eigenvalue weighted by atomic mass is 10.6. The summed E-state index contributed by atoms with van der Waals surface area (Å²) in [5.41, 5.74) is 9.41. The van der Waals surface area contributed by atoms with Crippen LogP contribution in [0.15, 0.2) is 29.3 Å². The second kappa shape index (κ2) is 1.69. The van der Waals surface area contributed by atoms with Crippen LogP contribution in [0.4, 0.5) is 0 Å². The topological polar surface area (TPSA) is 0 Å². The first-order valence-corrected chi connectivity index (χ1v) is 2.31. The first-order valence-electron chi connectivity index (χ1n) is 2.31. The smallest absolute Gasteiger partial charge is 0.0186 e. The standard InChI is InChI=1S/C7H6/c1-2-3-4-7-5-6-7/h1,5-6H2. The van der Waals surface area contributed by atoms with Gasteiger partial charge in [-0.25, -0.2) is 0 Å². The van der Waals surface area contributed by atoms with Crippen LogP contribution in [0, 0.1) is 0 Å². The molecule has 0 N–H and O–H groups in total. The number of hydrogen-bond acceptors (Lipinski definition) is 0. The van der Waals surface area contributed by atoms with Gasteiger partial charge in [0, 0.05) is 0 Å². The zero-order valence-corrected chi connectivity index (χ0v) is 4.12. The minimum Gasteiger partial charge on any atom is -0.0693 e. The minimum atomic E-state index is 1.20. The van der Waals surface area contributed by atoms with Crippen molar-refractivity contribution in [3.8, 4) is 0 Å². The fraction of sp³-hybridized carbons (Fsp3) is 0.286. The maximum atomic E-state index is 3.35. The van der Waals surface area contributed by atoms with E-state index in [-0.39, 0.29) is 0 Å². The minimum absolute atomic E-state index is 1.20. The quantitative estimate of drug-likeness (QED) is 0.398. The molecule has 1 rings (SSSR count). The van der Waals surface area contributed by atoms with E-state index >= 15 is 0 Å². The third-order valence-corrected chi connectivity index (χ3v) is 0.828. The Morgan fingerprint density at radius 1 is 1.43 bits per heavy atom. The van der Waals surface area contributed by atoms with Crippen molar-refractivity contribution in [2.45, 2.75) is 12.8 Å². The molecule has 0 nitrogen and oxygen atoms in total. The van der Waals surface area contributed by atoms with Crippen molar-refractivity contribution in [3.63, 3.8) is 0 Å². The Balaban J connectivity index is 2.97. The normalized spacial score (nSPS) is 14.0. The van der Waals surface area contributed by atoms with E-state index < -0.39 is 0 Å². The van der Waals surface area contributed by atoms with Crippen molar-refractivity contribution < 1.29 is 0 Å². The summed E-state index contributed by atoms with van der Waals surface area (Å²) in [6.45, 7) is 3.35. The Bertz CT molecular complexity index is 174. The lowest BCUT2D eigenvalue weighted by molar-refractivity contribution is 1.50. The van der Waals surface area contributed by atoms with Crippen molar-refractivity contribution in [1.82, 2.24) is 0 Å². The van der Waals surface area contributed by atoms with Crippen LogP contribution in [0.5, 0.6) is 0 Å². The Morgan fingerprint density at radius 2 is 2.14 bits per heavy atom. The fourth-order valence-electron chi connectivity index (χ4n) is 0.320. The van der Waals surface area contributed by atoms with Gasteiger partial charge in [0.15, 0.2) is 0 Å². The third-order valence-electron chi connectivity index (χ3n) is 0.828. The average Bonchev–Trinajstić information content (AvgIpc) is 2.42. The molecular weight excluding hydrogens is 84.1 g/mol. The van der Waals surface area contributed by atoms with Crippen molar-refractivity contribution in [2.24, 2.45) is 0 Å². The Labute approximate surface area is 43.2 Å². The van der Waals surface area contributed by atoms with Crippen molar-refractivity contribution in [3.05, 3.63) is 29.3 Å². The van der Waals surface area contributed by atoms with Gasteiger partial charge in [0.25, 0.3) is 0 Å². The zero-order valence-electron chi connectivity index (χ0n) is 4.12. The molecule has 0 aromatic carbocycles. The molecule has 1 aliphatic rings. The summed E-state index contributed by atoms with van der Waals surface area (Å²) in [6.07, 6.45) is 2.41. The Hall–Kier alpha value is -0.920. The lowest BCUT2D eigenvalue weighted by Gasteiger charge is -1.44. The monoisotopic (exact) mass is 90.0 g/mol. The zero-order chi connectivity index (χ0) is 5.11. The van der Waals surface area contributed by atoms with E-state index in [2.05, 4.69) is 23.8 Å². The molecule has 0 radical (unpaired) electrons. The Kier molecular flexibility index (Phi) is 1.02. The largest absolute Gasteiger partial charge is 0.0693 e. The molecule has 0 amide bonds. The first kappa shape index (κ1) is 4.24. The molecule has 0 saturated heterocycles. The van der Waals surface area contributed by atoms with Crippen LogP contribution in [0.3, 0.4) is 0 Å². The predicted molar refractivity (Wildman–Crippen MR) is 28.9 cm³/mol. The van der Waals surface area contributed by atoms with Gasteiger partial charge < -0.3 is 0 Å². The van der Waals surface area contributed by atoms with Gasteiger partial charge in [-0.2, -0.15) is 0 Å². The molecule has 0 atom stereocenters. The molecule has 34 valence electrons. The molecular formula is C7H6. The molecule has 0 bridgehead atoms. The summed E-state index contributed by atoms with van der Waals surface area (Å²) < 4.78 is 0. The number of rotatable bonds is 0. The molecule has 0 unspecified atom stereocenters. The summed E-state index contributed by atoms with van der Waals surface area (Å²) in [4.78, 5) is 0. The molecule has 0 heteroatoms. The highest BCUT2D eigenvalue weighted by Gasteiger charge is 2.08. The molecule has 0 spiro atoms. The molecule has 1 fully saturated rings. The second-order valence-corrected chi connectivity index (χ2v) is 1.53. The van der Waals surface area contributed by atoms with Gasteiger partial charge in [-0.3, -0.25) is 0 Å². The molecule has 0 aromatic heterocycles. The molecule has 0 aliphatic heterocycles. The number of allylic oxidation sites excluding steroid dienone is 1. The summed E-state index contributed by atoms with van der Waals surface area (Å²) >= 11 is 0. The van der Waals surface area contributed by atoms with Gasteiger partial charge in [-0.15, -0.1) is 0 Å². The van der Waals surface area contributed by atoms with Crippen LogP contribution in [0.1, 0.15) is 12.8 Å². The van der Waals surface area contributed by atoms with Crippen molar-refractivity contribution in [1.29, 1.82) is 0 Å². The van der Waals surface area contributed by atoms with E-state index in [0.717, 1.165) is 0 Å². The highest BCUT2D eigenvalue weighted by atomic mass is 14.1. The molecule has 1 aliphatic carbocycles. The van der Waals surface area contributed by atoms with Crippen LogP contribution in [-0.4, -0.2) is 0 Å².